The van der Waals surface area contributed by atoms with Crippen LogP contribution in [0, 0.1) is 17.1 Å². The molecule has 0 amide bonds. The molecular formula is C17H17FN4O2. The van der Waals surface area contributed by atoms with Crippen LogP contribution in [0.5, 0.6) is 0 Å². The third kappa shape index (κ3) is 2.56. The number of carbonyl (C=O) groups excluding carboxylic acids is 1. The number of aromatic nitrogens is 1. The smallest absolute Gasteiger partial charge is 0.357 e. The Morgan fingerprint density at radius 3 is 2.67 bits per heavy atom. The largest absolute Gasteiger partial charge is 0.464 e. The molecule has 1 saturated heterocycles. The summed E-state index contributed by atoms with van der Waals surface area (Å²) in [5, 5.41) is 9.12. The quantitative estimate of drug-likeness (QED) is 0.875. The van der Waals surface area contributed by atoms with Crippen molar-refractivity contribution in [2.75, 3.05) is 30.8 Å². The van der Waals surface area contributed by atoms with Crippen LogP contribution < -0.4 is 10.6 Å². The third-order valence-electron chi connectivity index (χ3n) is 4.20. The van der Waals surface area contributed by atoms with Gasteiger partial charge in [0.15, 0.2) is 5.69 Å². The number of hydrogen-bond donors (Lipinski definition) is 1. The van der Waals surface area contributed by atoms with E-state index < -0.39 is 5.97 Å². The van der Waals surface area contributed by atoms with Crippen LogP contribution >= 0.6 is 0 Å². The van der Waals surface area contributed by atoms with Crippen LogP contribution in [-0.4, -0.2) is 30.7 Å². The van der Waals surface area contributed by atoms with Crippen molar-refractivity contribution in [2.45, 2.75) is 12.8 Å². The van der Waals surface area contributed by atoms with Crippen molar-refractivity contribution in [2.24, 2.45) is 0 Å². The predicted molar refractivity (Wildman–Crippen MR) is 87.6 cm³/mol. The van der Waals surface area contributed by atoms with Crippen molar-refractivity contribution < 1.29 is 13.9 Å². The second kappa shape index (κ2) is 6.24. The normalized spacial score (nSPS) is 13.8. The van der Waals surface area contributed by atoms with Gasteiger partial charge in [0.05, 0.1) is 24.0 Å². The van der Waals surface area contributed by atoms with Crippen LogP contribution in [0.4, 0.5) is 15.8 Å². The molecule has 1 aliphatic rings. The second-order valence-electron chi connectivity index (χ2n) is 5.61. The average Bonchev–Trinajstić information content (AvgIpc) is 3.21. The van der Waals surface area contributed by atoms with Gasteiger partial charge < -0.3 is 19.9 Å². The SMILES string of the molecule is COC(=O)c1c(N)c(C#N)cn1-c1ccc(N2CCCC2)c(F)c1. The van der Waals surface area contributed by atoms with E-state index in [0.29, 0.717) is 11.4 Å². The van der Waals surface area contributed by atoms with Crippen LogP contribution in [0.15, 0.2) is 24.4 Å². The highest BCUT2D eigenvalue weighted by molar-refractivity contribution is 5.96. The Balaban J connectivity index is 2.07. The molecule has 0 saturated carbocycles. The van der Waals surface area contributed by atoms with E-state index in [0.717, 1.165) is 25.9 Å². The summed E-state index contributed by atoms with van der Waals surface area (Å²) < 4.78 is 20.6. The van der Waals surface area contributed by atoms with E-state index in [9.17, 15) is 9.18 Å². The fourth-order valence-corrected chi connectivity index (χ4v) is 2.98. The zero-order chi connectivity index (χ0) is 17.3. The number of anilines is 2. The summed E-state index contributed by atoms with van der Waals surface area (Å²) in [5.74, 6) is -1.06. The summed E-state index contributed by atoms with van der Waals surface area (Å²) in [6.07, 6.45) is 3.51. The van der Waals surface area contributed by atoms with Crippen molar-refractivity contribution in [3.05, 3.63) is 41.5 Å². The number of benzene rings is 1. The second-order valence-corrected chi connectivity index (χ2v) is 5.61. The number of ether oxygens (including phenoxy) is 1. The molecule has 2 N–H and O–H groups in total. The predicted octanol–water partition coefficient (Wildman–Crippen LogP) is 2.46. The number of nitrogen functional groups attached to an aromatic ring is 1. The molecule has 1 aromatic carbocycles. The standard InChI is InChI=1S/C17H17FN4O2/c1-24-17(23)16-15(20)11(9-19)10-22(16)12-4-5-14(13(18)8-12)21-6-2-3-7-21/h4-5,8,10H,2-3,6-7,20H2,1H3. The Labute approximate surface area is 138 Å². The van der Waals surface area contributed by atoms with E-state index >= 15 is 0 Å². The highest BCUT2D eigenvalue weighted by Gasteiger charge is 2.23. The zero-order valence-corrected chi connectivity index (χ0v) is 13.3. The number of nitrogens with zero attached hydrogens (tertiary/aromatic N) is 3. The molecule has 0 unspecified atom stereocenters. The summed E-state index contributed by atoms with van der Waals surface area (Å²) in [5.41, 5.74) is 6.97. The van der Waals surface area contributed by atoms with Gasteiger partial charge in [0.25, 0.3) is 0 Å². The molecular weight excluding hydrogens is 311 g/mol. The molecule has 124 valence electrons. The van der Waals surface area contributed by atoms with Crippen LogP contribution in [-0.2, 0) is 4.74 Å². The minimum atomic E-state index is -0.682. The molecule has 0 aliphatic carbocycles. The minimum Gasteiger partial charge on any atom is -0.464 e. The molecule has 1 aliphatic heterocycles. The van der Waals surface area contributed by atoms with Crippen molar-refractivity contribution in [3.63, 3.8) is 0 Å². The maximum atomic E-state index is 14.5. The van der Waals surface area contributed by atoms with Crippen LogP contribution in [0.2, 0.25) is 0 Å². The molecule has 0 atom stereocenters. The van der Waals surface area contributed by atoms with E-state index in [1.165, 1.54) is 23.9 Å². The summed E-state index contributed by atoms with van der Waals surface area (Å²) in [4.78, 5) is 14.0. The van der Waals surface area contributed by atoms with Crippen LogP contribution in [0.25, 0.3) is 5.69 Å². The van der Waals surface area contributed by atoms with Gasteiger partial charge in [-0.25, -0.2) is 9.18 Å². The Bertz CT molecular complexity index is 832. The molecule has 1 aromatic heterocycles. The van der Waals surface area contributed by atoms with Gasteiger partial charge in [-0.05, 0) is 25.0 Å². The van der Waals surface area contributed by atoms with Crippen LogP contribution in [0.1, 0.15) is 28.9 Å². The number of hydrogen-bond acceptors (Lipinski definition) is 5. The lowest BCUT2D eigenvalue weighted by atomic mass is 10.2. The number of esters is 1. The molecule has 24 heavy (non-hydrogen) atoms. The van der Waals surface area contributed by atoms with Gasteiger partial charge >= 0.3 is 5.97 Å². The average molecular weight is 328 g/mol. The zero-order valence-electron chi connectivity index (χ0n) is 13.3. The number of nitrogens with two attached hydrogens (primary N) is 1. The van der Waals surface area contributed by atoms with Gasteiger partial charge in [-0.2, -0.15) is 5.26 Å². The lowest BCUT2D eigenvalue weighted by molar-refractivity contribution is 0.0593. The fourth-order valence-electron chi connectivity index (χ4n) is 2.98. The molecule has 0 spiro atoms. The van der Waals surface area contributed by atoms with Gasteiger partial charge in [-0.3, -0.25) is 0 Å². The van der Waals surface area contributed by atoms with Gasteiger partial charge in [0.2, 0.25) is 0 Å². The fraction of sp³-hybridized carbons (Fsp3) is 0.294. The maximum absolute atomic E-state index is 14.5. The van der Waals surface area contributed by atoms with Gasteiger partial charge in [0, 0.05) is 31.0 Å². The summed E-state index contributed by atoms with van der Waals surface area (Å²) in [6.45, 7) is 1.66. The number of nitriles is 1. The van der Waals surface area contributed by atoms with Gasteiger partial charge in [0.1, 0.15) is 11.9 Å². The molecule has 2 aromatic rings. The maximum Gasteiger partial charge on any atom is 0.357 e. The molecule has 7 heteroatoms. The summed E-state index contributed by atoms with van der Waals surface area (Å²) in [6, 6.07) is 6.63. The first-order valence-corrected chi connectivity index (χ1v) is 7.61. The lowest BCUT2D eigenvalue weighted by Gasteiger charge is -2.19. The minimum absolute atomic E-state index is 0.0161. The first-order chi connectivity index (χ1) is 11.6. The highest BCUT2D eigenvalue weighted by Crippen LogP contribution is 2.29. The van der Waals surface area contributed by atoms with Gasteiger partial charge in [-0.1, -0.05) is 0 Å². The first kappa shape index (κ1) is 15.9. The Morgan fingerprint density at radius 2 is 2.08 bits per heavy atom. The monoisotopic (exact) mass is 328 g/mol. The van der Waals surface area contributed by atoms with Crippen molar-refractivity contribution >= 4 is 17.3 Å². The van der Waals surface area contributed by atoms with Crippen molar-refractivity contribution in [1.29, 1.82) is 5.26 Å². The Kier molecular flexibility index (Phi) is 4.13. The molecule has 3 rings (SSSR count). The highest BCUT2D eigenvalue weighted by atomic mass is 19.1. The van der Waals surface area contributed by atoms with E-state index in [4.69, 9.17) is 15.7 Å². The molecule has 0 radical (unpaired) electrons. The first-order valence-electron chi connectivity index (χ1n) is 7.61. The van der Waals surface area contributed by atoms with E-state index in [1.807, 2.05) is 11.0 Å². The van der Waals surface area contributed by atoms with E-state index in [-0.39, 0.29) is 22.8 Å². The topological polar surface area (TPSA) is 84.3 Å². The van der Waals surface area contributed by atoms with Gasteiger partial charge in [-0.15, -0.1) is 0 Å². The number of methoxy groups -OCH3 is 1. The van der Waals surface area contributed by atoms with E-state index in [1.54, 1.807) is 12.1 Å². The lowest BCUT2D eigenvalue weighted by Crippen LogP contribution is -2.19. The van der Waals surface area contributed by atoms with Crippen molar-refractivity contribution in [3.8, 4) is 11.8 Å². The molecule has 1 fully saturated rings. The van der Waals surface area contributed by atoms with Crippen molar-refractivity contribution in [1.82, 2.24) is 4.57 Å². The summed E-state index contributed by atoms with van der Waals surface area (Å²) >= 11 is 0. The van der Waals surface area contributed by atoms with E-state index in [2.05, 4.69) is 0 Å². The third-order valence-corrected chi connectivity index (χ3v) is 4.20. The number of carbonyl (C=O) groups is 1. The van der Waals surface area contributed by atoms with Crippen LogP contribution in [0.3, 0.4) is 0 Å². The molecule has 2 heterocycles. The number of halogens is 1. The molecule has 0 bridgehead atoms. The number of rotatable bonds is 3. The summed E-state index contributed by atoms with van der Waals surface area (Å²) in [7, 11) is 1.22. The Morgan fingerprint density at radius 1 is 1.38 bits per heavy atom. The Hall–Kier alpha value is -3.01. The molecule has 6 nitrogen and oxygen atoms in total.